The molecule has 2 rings (SSSR count). The molecule has 0 aromatic heterocycles. The highest BCUT2D eigenvalue weighted by Crippen LogP contribution is 2.25. The van der Waals surface area contributed by atoms with Crippen LogP contribution in [-0.2, 0) is 0 Å². The van der Waals surface area contributed by atoms with E-state index < -0.39 is 6.04 Å². The average Bonchev–Trinajstić information content (AvgIpc) is 2.46. The van der Waals surface area contributed by atoms with Gasteiger partial charge in [0.25, 0.3) is 5.91 Å². The largest absolute Gasteiger partial charge is 0.496 e. The Morgan fingerprint density at radius 2 is 2.42 bits per heavy atom. The summed E-state index contributed by atoms with van der Waals surface area (Å²) in [4.78, 5) is 14.1. The number of methoxy groups -OCH3 is 1. The Labute approximate surface area is 120 Å². The van der Waals surface area contributed by atoms with Gasteiger partial charge in [0.2, 0.25) is 0 Å². The molecule has 6 heteroatoms. The van der Waals surface area contributed by atoms with Crippen molar-refractivity contribution in [2.75, 3.05) is 26.7 Å². The van der Waals surface area contributed by atoms with Gasteiger partial charge in [-0.1, -0.05) is 15.9 Å². The van der Waals surface area contributed by atoms with Gasteiger partial charge in [-0.2, -0.15) is 5.26 Å². The first kappa shape index (κ1) is 13.8. The number of nitriles is 1. The number of benzene rings is 1. The molecule has 0 bridgehead atoms. The Kier molecular flexibility index (Phi) is 4.40. The first-order chi connectivity index (χ1) is 9.17. The van der Waals surface area contributed by atoms with Gasteiger partial charge >= 0.3 is 0 Å². The van der Waals surface area contributed by atoms with E-state index in [-0.39, 0.29) is 5.91 Å². The number of rotatable bonds is 2. The van der Waals surface area contributed by atoms with Crippen LogP contribution in [0.1, 0.15) is 10.4 Å². The number of hydrogen-bond donors (Lipinski definition) is 1. The molecule has 1 aromatic carbocycles. The molecule has 5 nitrogen and oxygen atoms in total. The van der Waals surface area contributed by atoms with Crippen LogP contribution in [-0.4, -0.2) is 43.6 Å². The van der Waals surface area contributed by atoms with E-state index in [1.165, 1.54) is 7.11 Å². The summed E-state index contributed by atoms with van der Waals surface area (Å²) in [5, 5.41) is 12.2. The Morgan fingerprint density at radius 3 is 3.11 bits per heavy atom. The summed E-state index contributed by atoms with van der Waals surface area (Å²) in [7, 11) is 1.53. The molecule has 1 aliphatic rings. The van der Waals surface area contributed by atoms with E-state index in [2.05, 4.69) is 27.3 Å². The van der Waals surface area contributed by atoms with Crippen LogP contribution in [0.2, 0.25) is 0 Å². The molecule has 0 spiro atoms. The van der Waals surface area contributed by atoms with E-state index in [9.17, 15) is 4.79 Å². The van der Waals surface area contributed by atoms with Crippen molar-refractivity contribution >= 4 is 21.8 Å². The first-order valence-corrected chi connectivity index (χ1v) is 6.71. The van der Waals surface area contributed by atoms with Crippen molar-refractivity contribution in [1.29, 1.82) is 5.26 Å². The average molecular weight is 324 g/mol. The zero-order chi connectivity index (χ0) is 13.8. The number of nitrogens with zero attached hydrogens (tertiary/aromatic N) is 2. The SMILES string of the molecule is COc1cc(Br)ccc1C(=O)N1CCNCC1C#N. The van der Waals surface area contributed by atoms with Crippen molar-refractivity contribution in [3.8, 4) is 11.8 Å². The molecule has 1 unspecified atom stereocenters. The number of hydrogen-bond acceptors (Lipinski definition) is 4. The molecule has 1 N–H and O–H groups in total. The minimum absolute atomic E-state index is 0.169. The minimum Gasteiger partial charge on any atom is -0.496 e. The van der Waals surface area contributed by atoms with Gasteiger partial charge in [0.15, 0.2) is 0 Å². The van der Waals surface area contributed by atoms with Gasteiger partial charge in [-0.15, -0.1) is 0 Å². The topological polar surface area (TPSA) is 65.4 Å². The Balaban J connectivity index is 2.30. The highest BCUT2D eigenvalue weighted by atomic mass is 79.9. The van der Waals surface area contributed by atoms with Crippen LogP contribution in [0.3, 0.4) is 0 Å². The fourth-order valence-corrected chi connectivity index (χ4v) is 2.40. The highest BCUT2D eigenvalue weighted by molar-refractivity contribution is 9.10. The van der Waals surface area contributed by atoms with Crippen LogP contribution < -0.4 is 10.1 Å². The van der Waals surface area contributed by atoms with E-state index in [1.54, 1.807) is 23.1 Å². The molecule has 0 radical (unpaired) electrons. The van der Waals surface area contributed by atoms with Crippen molar-refractivity contribution in [3.05, 3.63) is 28.2 Å². The summed E-state index contributed by atoms with van der Waals surface area (Å²) in [6.45, 7) is 1.72. The van der Waals surface area contributed by atoms with Crippen LogP contribution in [0.4, 0.5) is 0 Å². The first-order valence-electron chi connectivity index (χ1n) is 5.92. The summed E-state index contributed by atoms with van der Waals surface area (Å²) in [5.41, 5.74) is 0.479. The smallest absolute Gasteiger partial charge is 0.258 e. The zero-order valence-electron chi connectivity index (χ0n) is 10.5. The normalized spacial score (nSPS) is 18.8. The Morgan fingerprint density at radius 1 is 1.63 bits per heavy atom. The molecule has 100 valence electrons. The van der Waals surface area contributed by atoms with Gasteiger partial charge < -0.3 is 15.0 Å². The molecule has 1 aliphatic heterocycles. The lowest BCUT2D eigenvalue weighted by atomic mass is 10.1. The number of piperazine rings is 1. The summed E-state index contributed by atoms with van der Waals surface area (Å²) >= 11 is 3.34. The van der Waals surface area contributed by atoms with E-state index in [0.29, 0.717) is 30.9 Å². The number of amides is 1. The second-order valence-corrected chi connectivity index (χ2v) is 5.11. The molecule has 0 aliphatic carbocycles. The molecule has 1 saturated heterocycles. The van der Waals surface area contributed by atoms with Crippen LogP contribution in [0.25, 0.3) is 0 Å². The second-order valence-electron chi connectivity index (χ2n) is 4.19. The third-order valence-electron chi connectivity index (χ3n) is 3.05. The number of ether oxygens (including phenoxy) is 1. The molecule has 0 saturated carbocycles. The van der Waals surface area contributed by atoms with E-state index >= 15 is 0 Å². The predicted octanol–water partition coefficient (Wildman–Crippen LogP) is 1.40. The van der Waals surface area contributed by atoms with Crippen LogP contribution in [0.15, 0.2) is 22.7 Å². The van der Waals surface area contributed by atoms with Crippen molar-refractivity contribution in [2.45, 2.75) is 6.04 Å². The lowest BCUT2D eigenvalue weighted by Gasteiger charge is -2.32. The van der Waals surface area contributed by atoms with Gasteiger partial charge in [-0.25, -0.2) is 0 Å². The lowest BCUT2D eigenvalue weighted by Crippen LogP contribution is -2.53. The Bertz CT molecular complexity index is 527. The van der Waals surface area contributed by atoms with Crippen LogP contribution >= 0.6 is 15.9 Å². The number of carbonyl (C=O) groups is 1. The van der Waals surface area contributed by atoms with E-state index in [0.717, 1.165) is 4.47 Å². The van der Waals surface area contributed by atoms with Crippen molar-refractivity contribution < 1.29 is 9.53 Å². The van der Waals surface area contributed by atoms with E-state index in [4.69, 9.17) is 10.00 Å². The molecule has 1 amide bonds. The van der Waals surface area contributed by atoms with Gasteiger partial charge in [0.05, 0.1) is 18.7 Å². The quantitative estimate of drug-likeness (QED) is 0.893. The lowest BCUT2D eigenvalue weighted by molar-refractivity contribution is 0.0683. The van der Waals surface area contributed by atoms with E-state index in [1.807, 2.05) is 0 Å². The monoisotopic (exact) mass is 323 g/mol. The standard InChI is InChI=1S/C13H14BrN3O2/c1-19-12-6-9(14)2-3-11(12)13(18)17-5-4-16-8-10(17)7-15/h2-3,6,10,16H,4-5,8H2,1H3. The van der Waals surface area contributed by atoms with Gasteiger partial charge in [-0.3, -0.25) is 4.79 Å². The third kappa shape index (κ3) is 2.88. The molecule has 1 atom stereocenters. The highest BCUT2D eigenvalue weighted by Gasteiger charge is 2.28. The van der Waals surface area contributed by atoms with Crippen molar-refractivity contribution in [2.24, 2.45) is 0 Å². The maximum absolute atomic E-state index is 12.5. The summed E-state index contributed by atoms with van der Waals surface area (Å²) in [6, 6.07) is 6.96. The van der Waals surface area contributed by atoms with Gasteiger partial charge in [0, 0.05) is 24.1 Å². The molecular formula is C13H14BrN3O2. The number of carbonyl (C=O) groups excluding carboxylic acids is 1. The molecule has 1 heterocycles. The third-order valence-corrected chi connectivity index (χ3v) is 3.54. The zero-order valence-corrected chi connectivity index (χ0v) is 12.1. The molecule has 19 heavy (non-hydrogen) atoms. The van der Waals surface area contributed by atoms with Crippen LogP contribution in [0.5, 0.6) is 5.75 Å². The molecule has 1 fully saturated rings. The maximum atomic E-state index is 12.5. The Hall–Kier alpha value is -1.58. The predicted molar refractivity (Wildman–Crippen MR) is 74.0 cm³/mol. The fraction of sp³-hybridized carbons (Fsp3) is 0.385. The van der Waals surface area contributed by atoms with Crippen molar-refractivity contribution in [3.63, 3.8) is 0 Å². The number of nitrogens with one attached hydrogen (secondary N) is 1. The summed E-state index contributed by atoms with van der Waals surface area (Å²) in [6.07, 6.45) is 0. The summed E-state index contributed by atoms with van der Waals surface area (Å²) < 4.78 is 6.08. The molecule has 1 aromatic rings. The minimum atomic E-state index is -0.436. The van der Waals surface area contributed by atoms with Gasteiger partial charge in [-0.05, 0) is 18.2 Å². The van der Waals surface area contributed by atoms with Crippen LogP contribution in [0, 0.1) is 11.3 Å². The maximum Gasteiger partial charge on any atom is 0.258 e. The van der Waals surface area contributed by atoms with Crippen molar-refractivity contribution in [1.82, 2.24) is 10.2 Å². The number of halogens is 1. The van der Waals surface area contributed by atoms with Gasteiger partial charge in [0.1, 0.15) is 11.8 Å². The fourth-order valence-electron chi connectivity index (χ4n) is 2.06. The summed E-state index contributed by atoms with van der Waals surface area (Å²) in [5.74, 6) is 0.340. The second kappa shape index (κ2) is 6.04. The molecular weight excluding hydrogens is 310 g/mol.